The number of ketones is 1. The zero-order chi connectivity index (χ0) is 8.20. The Balaban J connectivity index is 3.75. The van der Waals surface area contributed by atoms with E-state index in [1.54, 1.807) is 6.92 Å². The van der Waals surface area contributed by atoms with Crippen molar-refractivity contribution in [1.82, 2.24) is 5.32 Å². The van der Waals surface area contributed by atoms with Crippen molar-refractivity contribution < 1.29 is 4.79 Å². The van der Waals surface area contributed by atoms with Gasteiger partial charge < -0.3 is 5.32 Å². The van der Waals surface area contributed by atoms with E-state index in [9.17, 15) is 4.79 Å². The van der Waals surface area contributed by atoms with Crippen molar-refractivity contribution in [2.75, 3.05) is 13.1 Å². The van der Waals surface area contributed by atoms with Crippen molar-refractivity contribution in [3.05, 3.63) is 0 Å². The van der Waals surface area contributed by atoms with E-state index in [-0.39, 0.29) is 11.2 Å². The molecule has 0 atom stereocenters. The predicted molar refractivity (Wildman–Crippen MR) is 43.0 cm³/mol. The maximum absolute atomic E-state index is 10.9. The third kappa shape index (κ3) is 2.97. The van der Waals surface area contributed by atoms with Crippen molar-refractivity contribution in [3.63, 3.8) is 0 Å². The first-order chi connectivity index (χ1) is 4.50. The molecule has 0 amide bonds. The monoisotopic (exact) mass is 143 g/mol. The van der Waals surface area contributed by atoms with E-state index < -0.39 is 0 Å². The minimum absolute atomic E-state index is 0.198. The summed E-state index contributed by atoms with van der Waals surface area (Å²) in [6.45, 7) is 9.29. The van der Waals surface area contributed by atoms with Gasteiger partial charge in [-0.1, -0.05) is 20.8 Å². The maximum Gasteiger partial charge on any atom is 0.136 e. The first-order valence-corrected chi connectivity index (χ1v) is 3.72. The van der Waals surface area contributed by atoms with Crippen LogP contribution in [-0.2, 0) is 4.79 Å². The highest BCUT2D eigenvalue weighted by Crippen LogP contribution is 2.13. The number of Topliss-reactive ketones (excluding diaryl/α,β-unsaturated/α-hetero) is 1. The van der Waals surface area contributed by atoms with Crippen molar-refractivity contribution in [1.29, 1.82) is 0 Å². The van der Waals surface area contributed by atoms with E-state index >= 15 is 0 Å². The van der Waals surface area contributed by atoms with Gasteiger partial charge in [-0.15, -0.1) is 0 Å². The Morgan fingerprint density at radius 2 is 2.00 bits per heavy atom. The molecule has 2 nitrogen and oxygen atoms in total. The van der Waals surface area contributed by atoms with Crippen molar-refractivity contribution in [2.24, 2.45) is 5.41 Å². The van der Waals surface area contributed by atoms with Gasteiger partial charge in [-0.05, 0) is 13.5 Å². The molecule has 2 heteroatoms. The summed E-state index contributed by atoms with van der Waals surface area (Å²) in [6.07, 6.45) is 0. The van der Waals surface area contributed by atoms with E-state index in [1.807, 2.05) is 20.8 Å². The van der Waals surface area contributed by atoms with E-state index in [1.165, 1.54) is 0 Å². The topological polar surface area (TPSA) is 29.1 Å². The fourth-order valence-corrected chi connectivity index (χ4v) is 0.562. The largest absolute Gasteiger partial charge is 0.316 e. The summed E-state index contributed by atoms with van der Waals surface area (Å²) in [6, 6.07) is 0. The lowest BCUT2D eigenvalue weighted by atomic mass is 9.89. The van der Waals surface area contributed by atoms with Gasteiger partial charge in [-0.25, -0.2) is 0 Å². The molecule has 10 heavy (non-hydrogen) atoms. The number of carbonyl (C=O) groups excluding carboxylic acids is 1. The average molecular weight is 143 g/mol. The number of hydrogen-bond donors (Lipinski definition) is 1. The van der Waals surface area contributed by atoms with Crippen molar-refractivity contribution in [3.8, 4) is 0 Å². The zero-order valence-corrected chi connectivity index (χ0v) is 7.32. The molecule has 0 heterocycles. The maximum atomic E-state index is 10.9. The number of rotatable bonds is 4. The minimum Gasteiger partial charge on any atom is -0.316 e. The molecule has 60 valence electrons. The fourth-order valence-electron chi connectivity index (χ4n) is 0.562. The molecule has 0 fully saturated rings. The Bertz CT molecular complexity index is 118. The van der Waals surface area contributed by atoms with Gasteiger partial charge in [0.2, 0.25) is 0 Å². The molecule has 0 aliphatic rings. The Labute approximate surface area is 63.0 Å². The lowest BCUT2D eigenvalue weighted by Crippen LogP contribution is -2.34. The summed E-state index contributed by atoms with van der Waals surface area (Å²) < 4.78 is 0. The van der Waals surface area contributed by atoms with Gasteiger partial charge in [-0.2, -0.15) is 0 Å². The summed E-state index contributed by atoms with van der Waals surface area (Å²) in [5.74, 6) is 0.244. The molecule has 0 aliphatic carbocycles. The summed E-state index contributed by atoms with van der Waals surface area (Å²) in [7, 11) is 0. The van der Waals surface area contributed by atoms with Crippen LogP contribution in [0.5, 0.6) is 0 Å². The predicted octanol–water partition coefficient (Wildman–Crippen LogP) is 1.21. The van der Waals surface area contributed by atoms with Crippen LogP contribution in [0.3, 0.4) is 0 Å². The van der Waals surface area contributed by atoms with Gasteiger partial charge in [0.15, 0.2) is 0 Å². The normalized spacial score (nSPS) is 11.6. The molecule has 0 radical (unpaired) electrons. The second kappa shape index (κ2) is 3.71. The van der Waals surface area contributed by atoms with Crippen LogP contribution in [0.25, 0.3) is 0 Å². The van der Waals surface area contributed by atoms with Crippen LogP contribution in [0.2, 0.25) is 0 Å². The molecular weight excluding hydrogens is 126 g/mol. The third-order valence-corrected chi connectivity index (χ3v) is 1.77. The highest BCUT2D eigenvalue weighted by Gasteiger charge is 2.22. The first-order valence-electron chi connectivity index (χ1n) is 3.72. The van der Waals surface area contributed by atoms with Gasteiger partial charge >= 0.3 is 0 Å². The van der Waals surface area contributed by atoms with Crippen LogP contribution in [-0.4, -0.2) is 18.9 Å². The highest BCUT2D eigenvalue weighted by molar-refractivity contribution is 5.81. The molecule has 0 aromatic rings. The zero-order valence-electron chi connectivity index (χ0n) is 7.32. The highest BCUT2D eigenvalue weighted by atomic mass is 16.1. The molecule has 0 spiro atoms. The third-order valence-electron chi connectivity index (χ3n) is 1.77. The summed E-state index contributed by atoms with van der Waals surface area (Å²) in [5, 5.41) is 3.15. The van der Waals surface area contributed by atoms with E-state index in [0.29, 0.717) is 0 Å². The quantitative estimate of drug-likeness (QED) is 0.641. The second-order valence-corrected chi connectivity index (χ2v) is 3.22. The van der Waals surface area contributed by atoms with Crippen LogP contribution in [0.1, 0.15) is 27.7 Å². The fraction of sp³-hybridized carbons (Fsp3) is 0.875. The molecule has 0 aromatic heterocycles. The van der Waals surface area contributed by atoms with Gasteiger partial charge in [0.05, 0.1) is 0 Å². The van der Waals surface area contributed by atoms with Gasteiger partial charge in [0.25, 0.3) is 0 Å². The van der Waals surface area contributed by atoms with Crippen LogP contribution in [0.15, 0.2) is 0 Å². The van der Waals surface area contributed by atoms with Gasteiger partial charge in [-0.3, -0.25) is 4.79 Å². The molecule has 0 unspecified atom stereocenters. The smallest absolute Gasteiger partial charge is 0.136 e. The van der Waals surface area contributed by atoms with Crippen LogP contribution in [0, 0.1) is 5.41 Å². The molecule has 1 N–H and O–H groups in total. The van der Waals surface area contributed by atoms with Crippen molar-refractivity contribution >= 4 is 5.78 Å². The number of carbonyl (C=O) groups is 1. The Kier molecular flexibility index (Phi) is 3.58. The van der Waals surface area contributed by atoms with Crippen LogP contribution >= 0.6 is 0 Å². The van der Waals surface area contributed by atoms with Gasteiger partial charge in [0.1, 0.15) is 5.78 Å². The molecular formula is C8H17NO. The Morgan fingerprint density at radius 3 is 2.30 bits per heavy atom. The Morgan fingerprint density at radius 1 is 1.50 bits per heavy atom. The number of nitrogens with one attached hydrogen (secondary N) is 1. The summed E-state index contributed by atoms with van der Waals surface area (Å²) in [5.41, 5.74) is -0.198. The molecule has 0 aromatic carbocycles. The molecule has 0 aliphatic heterocycles. The van der Waals surface area contributed by atoms with Crippen LogP contribution < -0.4 is 5.32 Å². The minimum atomic E-state index is -0.198. The average Bonchev–Trinajstić information content (AvgIpc) is 1.84. The first kappa shape index (κ1) is 9.63. The SMILES string of the molecule is CCNCC(C)(C)C(C)=O. The standard InChI is InChI=1S/C8H17NO/c1-5-9-6-8(3,4)7(2)10/h9H,5-6H2,1-4H3. The summed E-state index contributed by atoms with van der Waals surface area (Å²) in [4.78, 5) is 10.9. The molecule has 0 rings (SSSR count). The lowest BCUT2D eigenvalue weighted by Gasteiger charge is -2.20. The number of hydrogen-bond acceptors (Lipinski definition) is 2. The lowest BCUT2D eigenvalue weighted by molar-refractivity contribution is -0.124. The molecule has 0 saturated carbocycles. The van der Waals surface area contributed by atoms with E-state index in [2.05, 4.69) is 5.32 Å². The summed E-state index contributed by atoms with van der Waals surface area (Å²) >= 11 is 0. The Hall–Kier alpha value is -0.370. The second-order valence-electron chi connectivity index (χ2n) is 3.22. The van der Waals surface area contributed by atoms with E-state index in [0.717, 1.165) is 13.1 Å². The van der Waals surface area contributed by atoms with Crippen molar-refractivity contribution in [2.45, 2.75) is 27.7 Å². The van der Waals surface area contributed by atoms with Crippen LogP contribution in [0.4, 0.5) is 0 Å². The van der Waals surface area contributed by atoms with Gasteiger partial charge in [0, 0.05) is 12.0 Å². The molecule has 0 saturated heterocycles. The van der Waals surface area contributed by atoms with E-state index in [4.69, 9.17) is 0 Å². The molecule has 0 bridgehead atoms.